The van der Waals surface area contributed by atoms with Crippen molar-refractivity contribution in [3.63, 3.8) is 0 Å². The largest absolute Gasteiger partial charge is 0.438 e. The summed E-state index contributed by atoms with van der Waals surface area (Å²) in [7, 11) is 0. The highest BCUT2D eigenvalue weighted by Gasteiger charge is 2.37. The molecule has 3 aromatic rings. The minimum atomic E-state index is -4.90. The number of para-hydroxylation sites is 2. The molecule has 0 aliphatic rings. The van der Waals surface area contributed by atoms with Crippen molar-refractivity contribution in [2.24, 2.45) is 0 Å². The Morgan fingerprint density at radius 2 is 1.89 bits per heavy atom. The van der Waals surface area contributed by atoms with Crippen LogP contribution in [0.25, 0.3) is 11.0 Å². The number of hydrogen-bond donors (Lipinski definition) is 1. The summed E-state index contributed by atoms with van der Waals surface area (Å²) in [6.45, 7) is 1.76. The highest BCUT2D eigenvalue weighted by atomic mass is 19.4. The molecule has 0 aliphatic carbocycles. The molecule has 0 saturated heterocycles. The van der Waals surface area contributed by atoms with Crippen LogP contribution in [0.4, 0.5) is 13.2 Å². The van der Waals surface area contributed by atoms with E-state index in [1.165, 1.54) is 18.2 Å². The van der Waals surface area contributed by atoms with E-state index in [4.69, 9.17) is 0 Å². The van der Waals surface area contributed by atoms with Crippen molar-refractivity contribution in [1.82, 2.24) is 14.9 Å². The molecule has 1 amide bonds. The van der Waals surface area contributed by atoms with E-state index in [-0.39, 0.29) is 11.0 Å². The van der Waals surface area contributed by atoms with Gasteiger partial charge >= 0.3 is 6.18 Å². The van der Waals surface area contributed by atoms with Crippen molar-refractivity contribution >= 4 is 16.9 Å². The first-order valence-corrected chi connectivity index (χ1v) is 8.65. The summed E-state index contributed by atoms with van der Waals surface area (Å²) in [5, 5.41) is 2.65. The minimum absolute atomic E-state index is 0.00184. The van der Waals surface area contributed by atoms with E-state index in [0.717, 1.165) is 15.7 Å². The standard InChI is InChI=1S/C20H18F3N3O2/c1-13-5-4-6-14(11-13)9-10-24-17(27)12-26-16-8-3-2-7-15(16)25-18(19(26)28)20(21,22)23/h2-8,11H,9-10,12H2,1H3,(H,24,27). The third kappa shape index (κ3) is 4.39. The Labute approximate surface area is 158 Å². The Morgan fingerprint density at radius 3 is 2.61 bits per heavy atom. The fourth-order valence-electron chi connectivity index (χ4n) is 2.95. The molecule has 146 valence electrons. The van der Waals surface area contributed by atoms with Crippen molar-refractivity contribution in [3.8, 4) is 0 Å². The number of nitrogens with zero attached hydrogens (tertiary/aromatic N) is 2. The van der Waals surface area contributed by atoms with Gasteiger partial charge in [0, 0.05) is 6.54 Å². The van der Waals surface area contributed by atoms with Gasteiger partial charge in [0.25, 0.3) is 5.56 Å². The molecule has 3 rings (SSSR count). The van der Waals surface area contributed by atoms with Crippen LogP contribution in [0, 0.1) is 6.92 Å². The van der Waals surface area contributed by atoms with E-state index in [0.29, 0.717) is 13.0 Å². The zero-order valence-electron chi connectivity index (χ0n) is 15.1. The Morgan fingerprint density at radius 1 is 1.14 bits per heavy atom. The summed E-state index contributed by atoms with van der Waals surface area (Å²) in [6.07, 6.45) is -4.32. The SMILES string of the molecule is Cc1cccc(CCNC(=O)Cn2c(=O)c(C(F)(F)F)nc3ccccc32)c1. The molecule has 5 nitrogen and oxygen atoms in total. The lowest BCUT2D eigenvalue weighted by Gasteiger charge is -2.13. The summed E-state index contributed by atoms with van der Waals surface area (Å²) in [4.78, 5) is 28.0. The van der Waals surface area contributed by atoms with Crippen LogP contribution in [-0.4, -0.2) is 22.0 Å². The van der Waals surface area contributed by atoms with Gasteiger partial charge in [-0.1, -0.05) is 42.0 Å². The maximum absolute atomic E-state index is 13.1. The van der Waals surface area contributed by atoms with Gasteiger partial charge in [-0.25, -0.2) is 4.98 Å². The molecule has 0 unspecified atom stereocenters. The smallest absolute Gasteiger partial charge is 0.354 e. The Bertz CT molecular complexity index is 1070. The highest BCUT2D eigenvalue weighted by Crippen LogP contribution is 2.26. The average Bonchev–Trinajstić information content (AvgIpc) is 2.63. The third-order valence-corrected chi connectivity index (χ3v) is 4.24. The van der Waals surface area contributed by atoms with Gasteiger partial charge in [-0.15, -0.1) is 0 Å². The second-order valence-corrected chi connectivity index (χ2v) is 6.43. The summed E-state index contributed by atoms with van der Waals surface area (Å²) in [6, 6.07) is 13.7. The number of rotatable bonds is 5. The number of alkyl halides is 3. The topological polar surface area (TPSA) is 64.0 Å². The van der Waals surface area contributed by atoms with Gasteiger partial charge in [0.1, 0.15) is 6.54 Å². The van der Waals surface area contributed by atoms with Crippen LogP contribution in [-0.2, 0) is 23.9 Å². The number of aromatic nitrogens is 2. The predicted molar refractivity (Wildman–Crippen MR) is 98.9 cm³/mol. The molecule has 0 bridgehead atoms. The predicted octanol–water partition coefficient (Wildman–Crippen LogP) is 3.08. The van der Waals surface area contributed by atoms with E-state index in [2.05, 4.69) is 10.3 Å². The molecular weight excluding hydrogens is 371 g/mol. The molecule has 8 heteroatoms. The Hall–Kier alpha value is -3.16. The average molecular weight is 389 g/mol. The van der Waals surface area contributed by atoms with Crippen LogP contribution in [0.5, 0.6) is 0 Å². The summed E-state index contributed by atoms with van der Waals surface area (Å²) < 4.78 is 40.2. The van der Waals surface area contributed by atoms with Crippen LogP contribution in [0.15, 0.2) is 53.3 Å². The number of carbonyl (C=O) groups excluding carboxylic acids is 1. The van der Waals surface area contributed by atoms with Gasteiger partial charge in [0.2, 0.25) is 11.6 Å². The fourth-order valence-corrected chi connectivity index (χ4v) is 2.95. The van der Waals surface area contributed by atoms with Crippen molar-refractivity contribution in [1.29, 1.82) is 0 Å². The molecule has 0 fully saturated rings. The molecule has 0 radical (unpaired) electrons. The zero-order valence-corrected chi connectivity index (χ0v) is 15.1. The summed E-state index contributed by atoms with van der Waals surface area (Å²) >= 11 is 0. The van der Waals surface area contributed by atoms with E-state index < -0.39 is 29.9 Å². The first kappa shape index (κ1) is 19.6. The normalized spacial score (nSPS) is 11.6. The Balaban J connectivity index is 1.80. The van der Waals surface area contributed by atoms with Crippen LogP contribution in [0.1, 0.15) is 16.8 Å². The van der Waals surface area contributed by atoms with E-state index >= 15 is 0 Å². The molecule has 0 saturated carbocycles. The summed E-state index contributed by atoms with van der Waals surface area (Å²) in [5.74, 6) is -0.542. The van der Waals surface area contributed by atoms with Crippen LogP contribution < -0.4 is 10.9 Å². The van der Waals surface area contributed by atoms with E-state index in [1.54, 1.807) is 6.07 Å². The van der Waals surface area contributed by atoms with Gasteiger partial charge in [0.05, 0.1) is 11.0 Å². The molecule has 28 heavy (non-hydrogen) atoms. The third-order valence-electron chi connectivity index (χ3n) is 4.24. The molecule has 1 heterocycles. The lowest BCUT2D eigenvalue weighted by molar-refractivity contribution is -0.142. The van der Waals surface area contributed by atoms with E-state index in [1.807, 2.05) is 31.2 Å². The Kier molecular flexibility index (Phi) is 5.48. The first-order chi connectivity index (χ1) is 13.3. The van der Waals surface area contributed by atoms with Crippen LogP contribution >= 0.6 is 0 Å². The van der Waals surface area contributed by atoms with Crippen LogP contribution in [0.2, 0.25) is 0 Å². The maximum Gasteiger partial charge on any atom is 0.438 e. The van der Waals surface area contributed by atoms with Crippen molar-refractivity contribution in [2.45, 2.75) is 26.1 Å². The number of carbonyl (C=O) groups is 1. The lowest BCUT2D eigenvalue weighted by Crippen LogP contribution is -2.36. The number of nitrogens with one attached hydrogen (secondary N) is 1. The first-order valence-electron chi connectivity index (χ1n) is 8.65. The number of halogens is 3. The molecule has 1 aromatic heterocycles. The van der Waals surface area contributed by atoms with Crippen molar-refractivity contribution in [3.05, 3.63) is 75.7 Å². The second kappa shape index (κ2) is 7.84. The number of amides is 1. The molecule has 1 N–H and O–H groups in total. The number of aryl methyl sites for hydroxylation is 1. The van der Waals surface area contributed by atoms with Gasteiger partial charge in [0.15, 0.2) is 0 Å². The maximum atomic E-state index is 13.1. The highest BCUT2D eigenvalue weighted by molar-refractivity contribution is 5.80. The van der Waals surface area contributed by atoms with Gasteiger partial charge in [-0.3, -0.25) is 14.2 Å². The van der Waals surface area contributed by atoms with E-state index in [9.17, 15) is 22.8 Å². The summed E-state index contributed by atoms with van der Waals surface area (Å²) in [5.41, 5.74) is -0.556. The zero-order chi connectivity index (χ0) is 20.3. The number of hydrogen-bond acceptors (Lipinski definition) is 3. The van der Waals surface area contributed by atoms with Crippen molar-refractivity contribution in [2.75, 3.05) is 6.54 Å². The van der Waals surface area contributed by atoms with Crippen molar-refractivity contribution < 1.29 is 18.0 Å². The molecule has 2 aromatic carbocycles. The van der Waals surface area contributed by atoms with Crippen LogP contribution in [0.3, 0.4) is 0 Å². The number of benzene rings is 2. The van der Waals surface area contributed by atoms with Gasteiger partial charge in [-0.05, 0) is 31.0 Å². The van der Waals surface area contributed by atoms with Gasteiger partial charge < -0.3 is 5.32 Å². The second-order valence-electron chi connectivity index (χ2n) is 6.43. The number of fused-ring (bicyclic) bond motifs is 1. The molecular formula is C20H18F3N3O2. The monoisotopic (exact) mass is 389 g/mol. The fraction of sp³-hybridized carbons (Fsp3) is 0.250. The molecule has 0 spiro atoms. The molecule has 0 atom stereocenters. The quantitative estimate of drug-likeness (QED) is 0.730. The molecule has 0 aliphatic heterocycles. The lowest BCUT2D eigenvalue weighted by atomic mass is 10.1. The minimum Gasteiger partial charge on any atom is -0.354 e. The van der Waals surface area contributed by atoms with Gasteiger partial charge in [-0.2, -0.15) is 13.2 Å².